The fraction of sp³-hybridized carbons (Fsp3) is 0.909. The fourth-order valence-electron chi connectivity index (χ4n) is 2.04. The molecule has 0 saturated carbocycles. The van der Waals surface area contributed by atoms with Gasteiger partial charge in [0.05, 0.1) is 11.6 Å². The molecule has 4 heteroatoms. The van der Waals surface area contributed by atoms with Gasteiger partial charge < -0.3 is 15.7 Å². The van der Waals surface area contributed by atoms with E-state index in [-0.39, 0.29) is 18.1 Å². The number of carbonyl (C=O) groups is 1. The van der Waals surface area contributed by atoms with Crippen LogP contribution in [0.5, 0.6) is 0 Å². The van der Waals surface area contributed by atoms with E-state index >= 15 is 0 Å². The molecule has 1 aliphatic heterocycles. The van der Waals surface area contributed by atoms with Gasteiger partial charge in [0, 0.05) is 6.04 Å². The Hall–Kier alpha value is -0.610. The highest BCUT2D eigenvalue weighted by molar-refractivity contribution is 5.86. The monoisotopic (exact) mass is 214 g/mol. The minimum absolute atomic E-state index is 0.0247. The van der Waals surface area contributed by atoms with Crippen LogP contribution in [0.2, 0.25) is 0 Å². The van der Waals surface area contributed by atoms with Crippen molar-refractivity contribution in [2.24, 2.45) is 0 Å². The highest BCUT2D eigenvalue weighted by atomic mass is 16.3. The average Bonchev–Trinajstić information content (AvgIpc) is 2.51. The van der Waals surface area contributed by atoms with Crippen molar-refractivity contribution in [2.45, 2.75) is 57.7 Å². The summed E-state index contributed by atoms with van der Waals surface area (Å²) >= 11 is 0. The molecule has 0 aliphatic carbocycles. The number of nitrogens with one attached hydrogen (secondary N) is 2. The predicted molar refractivity (Wildman–Crippen MR) is 59.5 cm³/mol. The SMILES string of the molecule is CC(O)CC(C)NC(=O)C1(C)CCCN1. The maximum absolute atomic E-state index is 11.9. The second kappa shape index (κ2) is 4.94. The summed E-state index contributed by atoms with van der Waals surface area (Å²) in [6.07, 6.45) is 2.17. The first kappa shape index (κ1) is 12.5. The number of hydrogen-bond acceptors (Lipinski definition) is 3. The third kappa shape index (κ3) is 3.47. The molecule has 3 N–H and O–H groups in total. The van der Waals surface area contributed by atoms with Gasteiger partial charge >= 0.3 is 0 Å². The molecule has 0 bridgehead atoms. The van der Waals surface area contributed by atoms with E-state index in [1.807, 2.05) is 13.8 Å². The Balaban J connectivity index is 2.40. The summed E-state index contributed by atoms with van der Waals surface area (Å²) in [4.78, 5) is 11.9. The van der Waals surface area contributed by atoms with Gasteiger partial charge in [-0.25, -0.2) is 0 Å². The lowest BCUT2D eigenvalue weighted by atomic mass is 9.98. The summed E-state index contributed by atoms with van der Waals surface area (Å²) in [5, 5.41) is 15.3. The van der Waals surface area contributed by atoms with Crippen LogP contribution in [0.15, 0.2) is 0 Å². The van der Waals surface area contributed by atoms with E-state index in [1.165, 1.54) is 0 Å². The normalized spacial score (nSPS) is 29.9. The Bertz CT molecular complexity index is 223. The van der Waals surface area contributed by atoms with Gasteiger partial charge in [-0.3, -0.25) is 4.79 Å². The van der Waals surface area contributed by atoms with Crippen molar-refractivity contribution in [1.82, 2.24) is 10.6 Å². The van der Waals surface area contributed by atoms with Gasteiger partial charge in [-0.2, -0.15) is 0 Å². The first-order chi connectivity index (χ1) is 6.94. The van der Waals surface area contributed by atoms with Gasteiger partial charge in [-0.1, -0.05) is 0 Å². The van der Waals surface area contributed by atoms with Crippen LogP contribution in [0.4, 0.5) is 0 Å². The Kier molecular flexibility index (Phi) is 4.11. The van der Waals surface area contributed by atoms with Gasteiger partial charge in [0.2, 0.25) is 5.91 Å². The molecule has 3 atom stereocenters. The van der Waals surface area contributed by atoms with Crippen LogP contribution in [-0.4, -0.2) is 35.2 Å². The highest BCUT2D eigenvalue weighted by Gasteiger charge is 2.36. The Morgan fingerprint density at radius 2 is 2.27 bits per heavy atom. The van der Waals surface area contributed by atoms with Crippen molar-refractivity contribution < 1.29 is 9.90 Å². The summed E-state index contributed by atoms with van der Waals surface area (Å²) in [6, 6.07) is 0.0247. The summed E-state index contributed by atoms with van der Waals surface area (Å²) in [5.41, 5.74) is -0.410. The summed E-state index contributed by atoms with van der Waals surface area (Å²) in [7, 11) is 0. The van der Waals surface area contributed by atoms with Crippen molar-refractivity contribution in [3.8, 4) is 0 Å². The second-order valence-electron chi connectivity index (χ2n) is 4.82. The number of rotatable bonds is 4. The molecular weight excluding hydrogens is 192 g/mol. The maximum atomic E-state index is 11.9. The number of amides is 1. The Morgan fingerprint density at radius 1 is 1.60 bits per heavy atom. The fourth-order valence-corrected chi connectivity index (χ4v) is 2.04. The van der Waals surface area contributed by atoms with E-state index < -0.39 is 5.54 Å². The van der Waals surface area contributed by atoms with Crippen molar-refractivity contribution >= 4 is 5.91 Å². The van der Waals surface area contributed by atoms with Crippen LogP contribution in [0.1, 0.15) is 40.0 Å². The molecule has 1 heterocycles. The number of carbonyl (C=O) groups excluding carboxylic acids is 1. The van der Waals surface area contributed by atoms with Crippen LogP contribution in [0, 0.1) is 0 Å². The van der Waals surface area contributed by atoms with Crippen LogP contribution in [-0.2, 0) is 4.79 Å². The van der Waals surface area contributed by atoms with E-state index in [4.69, 9.17) is 0 Å². The molecule has 1 amide bonds. The van der Waals surface area contributed by atoms with Crippen molar-refractivity contribution in [1.29, 1.82) is 0 Å². The molecule has 0 aromatic rings. The highest BCUT2D eigenvalue weighted by Crippen LogP contribution is 2.18. The number of hydrogen-bond donors (Lipinski definition) is 3. The number of aliphatic hydroxyl groups is 1. The lowest BCUT2D eigenvalue weighted by Crippen LogP contribution is -2.53. The molecule has 1 rings (SSSR count). The zero-order valence-electron chi connectivity index (χ0n) is 9.84. The molecule has 0 aromatic heterocycles. The Labute approximate surface area is 91.4 Å². The molecule has 1 aliphatic rings. The molecule has 4 nitrogen and oxygen atoms in total. The molecule has 1 saturated heterocycles. The first-order valence-electron chi connectivity index (χ1n) is 5.68. The first-order valence-corrected chi connectivity index (χ1v) is 5.68. The van der Waals surface area contributed by atoms with Crippen LogP contribution in [0.3, 0.4) is 0 Å². The van der Waals surface area contributed by atoms with Crippen LogP contribution in [0.25, 0.3) is 0 Å². The van der Waals surface area contributed by atoms with Gasteiger partial charge in [0.15, 0.2) is 0 Å². The van der Waals surface area contributed by atoms with E-state index in [0.717, 1.165) is 19.4 Å². The molecule has 0 spiro atoms. The zero-order chi connectivity index (χ0) is 11.5. The van der Waals surface area contributed by atoms with Gasteiger partial charge in [0.25, 0.3) is 0 Å². The van der Waals surface area contributed by atoms with E-state index in [0.29, 0.717) is 6.42 Å². The van der Waals surface area contributed by atoms with Crippen LogP contribution < -0.4 is 10.6 Å². The lowest BCUT2D eigenvalue weighted by Gasteiger charge is -2.26. The maximum Gasteiger partial charge on any atom is 0.240 e. The summed E-state index contributed by atoms with van der Waals surface area (Å²) in [5.74, 6) is 0.0492. The molecule has 0 radical (unpaired) electrons. The van der Waals surface area contributed by atoms with Gasteiger partial charge in [0.1, 0.15) is 0 Å². The van der Waals surface area contributed by atoms with Crippen molar-refractivity contribution in [2.75, 3.05) is 6.54 Å². The van der Waals surface area contributed by atoms with Crippen molar-refractivity contribution in [3.05, 3.63) is 0 Å². The molecule has 1 fully saturated rings. The molecule has 3 unspecified atom stereocenters. The third-order valence-corrected chi connectivity index (χ3v) is 2.94. The second-order valence-corrected chi connectivity index (χ2v) is 4.82. The zero-order valence-corrected chi connectivity index (χ0v) is 9.84. The lowest BCUT2D eigenvalue weighted by molar-refractivity contribution is -0.127. The minimum atomic E-state index is -0.410. The van der Waals surface area contributed by atoms with Crippen molar-refractivity contribution in [3.63, 3.8) is 0 Å². The Morgan fingerprint density at radius 3 is 2.73 bits per heavy atom. The smallest absolute Gasteiger partial charge is 0.240 e. The van der Waals surface area contributed by atoms with Gasteiger partial charge in [-0.15, -0.1) is 0 Å². The minimum Gasteiger partial charge on any atom is -0.393 e. The van der Waals surface area contributed by atoms with Gasteiger partial charge in [-0.05, 0) is 46.6 Å². The molecule has 88 valence electrons. The van der Waals surface area contributed by atoms with Crippen LogP contribution >= 0.6 is 0 Å². The summed E-state index contributed by atoms with van der Waals surface area (Å²) in [6.45, 7) is 6.50. The molecular formula is C11H22N2O2. The quantitative estimate of drug-likeness (QED) is 0.635. The molecule has 0 aromatic carbocycles. The number of aliphatic hydroxyl groups excluding tert-OH is 1. The predicted octanol–water partition coefficient (Wildman–Crippen LogP) is 0.404. The largest absolute Gasteiger partial charge is 0.393 e. The average molecular weight is 214 g/mol. The van der Waals surface area contributed by atoms with E-state index in [9.17, 15) is 9.90 Å². The third-order valence-electron chi connectivity index (χ3n) is 2.94. The topological polar surface area (TPSA) is 61.4 Å². The van der Waals surface area contributed by atoms with E-state index in [1.54, 1.807) is 6.92 Å². The standard InChI is InChI=1S/C11H22N2O2/c1-8(7-9(2)14)13-10(15)11(3)5-4-6-12-11/h8-9,12,14H,4-7H2,1-3H3,(H,13,15). The summed E-state index contributed by atoms with van der Waals surface area (Å²) < 4.78 is 0. The van der Waals surface area contributed by atoms with E-state index in [2.05, 4.69) is 10.6 Å². The molecule has 15 heavy (non-hydrogen) atoms.